The van der Waals surface area contributed by atoms with E-state index in [1.54, 1.807) is 60.7 Å². The van der Waals surface area contributed by atoms with E-state index in [-0.39, 0.29) is 18.1 Å². The van der Waals surface area contributed by atoms with Crippen molar-refractivity contribution < 1.29 is 24.2 Å². The molecule has 0 saturated heterocycles. The van der Waals surface area contributed by atoms with Gasteiger partial charge in [0, 0.05) is 22.3 Å². The molecule has 0 radical (unpaired) electrons. The molecule has 0 unspecified atom stereocenters. The summed E-state index contributed by atoms with van der Waals surface area (Å²) in [6, 6.07) is 24.1. The second-order valence-corrected chi connectivity index (χ2v) is 8.30. The number of amides is 1. The third-order valence-electron chi connectivity index (χ3n) is 5.95. The van der Waals surface area contributed by atoms with Crippen molar-refractivity contribution in [3.05, 3.63) is 107 Å². The standard InChI is InChI=1S/C29H20FNO4/c30-25-16-26-23(24(29(35)31-26)13-17-5-7-18(8-6-17)14-28(33)34)15-22(25)20-11-9-19(10-12-20)21-3-1-2-4-27(21)32/h1-13,15-16,32H,14H2,(H,31,35)(H,33,34)/b24-13-. The first-order valence-corrected chi connectivity index (χ1v) is 11.0. The number of carboxylic acids is 1. The van der Waals surface area contributed by atoms with Gasteiger partial charge in [-0.25, -0.2) is 4.39 Å². The van der Waals surface area contributed by atoms with Gasteiger partial charge in [-0.1, -0.05) is 66.7 Å². The summed E-state index contributed by atoms with van der Waals surface area (Å²) >= 11 is 0. The summed E-state index contributed by atoms with van der Waals surface area (Å²) < 4.78 is 15.0. The summed E-state index contributed by atoms with van der Waals surface area (Å²) in [5, 5.41) is 21.7. The van der Waals surface area contributed by atoms with E-state index in [1.165, 1.54) is 6.07 Å². The lowest BCUT2D eigenvalue weighted by atomic mass is 9.96. The third-order valence-corrected chi connectivity index (χ3v) is 5.95. The van der Waals surface area contributed by atoms with Gasteiger partial charge in [0.2, 0.25) is 0 Å². The molecule has 3 N–H and O–H groups in total. The van der Waals surface area contributed by atoms with E-state index in [0.717, 1.165) is 11.1 Å². The normalized spacial score (nSPS) is 13.5. The van der Waals surface area contributed by atoms with Crippen molar-refractivity contribution in [2.24, 2.45) is 0 Å². The lowest BCUT2D eigenvalue weighted by Crippen LogP contribution is -2.03. The van der Waals surface area contributed by atoms with E-state index in [4.69, 9.17) is 5.11 Å². The van der Waals surface area contributed by atoms with Gasteiger partial charge in [0.05, 0.1) is 12.1 Å². The number of hydrogen-bond donors (Lipinski definition) is 3. The number of rotatable bonds is 5. The number of aromatic hydroxyl groups is 1. The average Bonchev–Trinajstić information content (AvgIpc) is 3.13. The van der Waals surface area contributed by atoms with Crippen LogP contribution in [0.25, 0.3) is 33.9 Å². The number of anilines is 1. The maximum absolute atomic E-state index is 15.0. The van der Waals surface area contributed by atoms with E-state index >= 15 is 0 Å². The fourth-order valence-corrected chi connectivity index (χ4v) is 4.20. The Hall–Kier alpha value is -4.71. The van der Waals surface area contributed by atoms with Crippen LogP contribution in [-0.4, -0.2) is 22.1 Å². The van der Waals surface area contributed by atoms with Crippen LogP contribution in [0.1, 0.15) is 16.7 Å². The van der Waals surface area contributed by atoms with Gasteiger partial charge in [0.15, 0.2) is 0 Å². The number of para-hydroxylation sites is 1. The second kappa shape index (κ2) is 8.91. The highest BCUT2D eigenvalue weighted by atomic mass is 19.1. The van der Waals surface area contributed by atoms with Crippen LogP contribution < -0.4 is 5.32 Å². The van der Waals surface area contributed by atoms with E-state index in [0.29, 0.717) is 39.1 Å². The van der Waals surface area contributed by atoms with Gasteiger partial charge in [-0.3, -0.25) is 9.59 Å². The van der Waals surface area contributed by atoms with Crippen molar-refractivity contribution in [2.45, 2.75) is 6.42 Å². The van der Waals surface area contributed by atoms with Crippen molar-refractivity contribution in [1.82, 2.24) is 0 Å². The monoisotopic (exact) mass is 465 g/mol. The molecule has 0 spiro atoms. The zero-order valence-electron chi connectivity index (χ0n) is 18.5. The molecule has 0 saturated carbocycles. The summed E-state index contributed by atoms with van der Waals surface area (Å²) in [4.78, 5) is 23.5. The molecule has 5 rings (SSSR count). The van der Waals surface area contributed by atoms with Crippen LogP contribution in [0.4, 0.5) is 10.1 Å². The van der Waals surface area contributed by atoms with Crippen molar-refractivity contribution in [2.75, 3.05) is 5.32 Å². The maximum Gasteiger partial charge on any atom is 0.307 e. The van der Waals surface area contributed by atoms with Crippen molar-refractivity contribution in [3.8, 4) is 28.0 Å². The Bertz CT molecular complexity index is 1490. The van der Waals surface area contributed by atoms with Gasteiger partial charge in [-0.05, 0) is 46.5 Å². The largest absolute Gasteiger partial charge is 0.507 e. The number of carboxylic acid groups (broad SMARTS) is 1. The molecule has 4 aromatic rings. The molecule has 5 nitrogen and oxygen atoms in total. The highest BCUT2D eigenvalue weighted by molar-refractivity contribution is 6.35. The molecule has 6 heteroatoms. The molecule has 35 heavy (non-hydrogen) atoms. The number of fused-ring (bicyclic) bond motifs is 1. The lowest BCUT2D eigenvalue weighted by Gasteiger charge is -2.09. The van der Waals surface area contributed by atoms with Gasteiger partial charge in [-0.15, -0.1) is 0 Å². The van der Waals surface area contributed by atoms with Crippen molar-refractivity contribution >= 4 is 29.2 Å². The van der Waals surface area contributed by atoms with Crippen LogP contribution in [0.5, 0.6) is 5.75 Å². The number of halogens is 1. The predicted molar refractivity (Wildman–Crippen MR) is 133 cm³/mol. The highest BCUT2D eigenvalue weighted by Crippen LogP contribution is 2.39. The predicted octanol–water partition coefficient (Wildman–Crippen LogP) is 5.99. The van der Waals surface area contributed by atoms with Crippen LogP contribution in [-0.2, 0) is 16.0 Å². The summed E-state index contributed by atoms with van der Waals surface area (Å²) in [7, 11) is 0. The number of carbonyl (C=O) groups excluding carboxylic acids is 1. The first-order chi connectivity index (χ1) is 16.9. The first-order valence-electron chi connectivity index (χ1n) is 11.0. The highest BCUT2D eigenvalue weighted by Gasteiger charge is 2.26. The van der Waals surface area contributed by atoms with E-state index in [1.807, 2.05) is 24.3 Å². The number of hydrogen-bond acceptors (Lipinski definition) is 3. The number of phenolic OH excluding ortho intramolecular Hbond substituents is 1. The van der Waals surface area contributed by atoms with Crippen LogP contribution in [0.2, 0.25) is 0 Å². The molecular formula is C29H20FNO4. The number of benzene rings is 4. The van der Waals surface area contributed by atoms with Crippen LogP contribution in [0.15, 0.2) is 84.9 Å². The molecule has 0 aliphatic carbocycles. The van der Waals surface area contributed by atoms with Gasteiger partial charge in [-0.2, -0.15) is 0 Å². The van der Waals surface area contributed by atoms with Crippen LogP contribution in [0, 0.1) is 5.82 Å². The summed E-state index contributed by atoms with van der Waals surface area (Å²) in [6.45, 7) is 0. The maximum atomic E-state index is 15.0. The smallest absolute Gasteiger partial charge is 0.307 e. The van der Waals surface area contributed by atoms with Crippen molar-refractivity contribution in [1.29, 1.82) is 0 Å². The minimum absolute atomic E-state index is 0.0779. The summed E-state index contributed by atoms with van der Waals surface area (Å²) in [6.07, 6.45) is 1.63. The second-order valence-electron chi connectivity index (χ2n) is 8.30. The average molecular weight is 465 g/mol. The number of phenols is 1. The van der Waals surface area contributed by atoms with Crippen LogP contribution >= 0.6 is 0 Å². The Morgan fingerprint density at radius 1 is 0.857 bits per heavy atom. The Kier molecular flexibility index (Phi) is 5.63. The van der Waals surface area contributed by atoms with Gasteiger partial charge in [0.1, 0.15) is 11.6 Å². The molecule has 1 aliphatic heterocycles. The minimum atomic E-state index is -0.914. The number of aliphatic carboxylic acids is 1. The molecule has 1 amide bonds. The third kappa shape index (κ3) is 4.42. The molecule has 1 aliphatic rings. The Morgan fingerprint density at radius 3 is 2.17 bits per heavy atom. The molecular weight excluding hydrogens is 445 g/mol. The quantitative estimate of drug-likeness (QED) is 0.316. The molecule has 0 bridgehead atoms. The first kappa shape index (κ1) is 22.1. The van der Waals surface area contributed by atoms with E-state index in [9.17, 15) is 19.1 Å². The Balaban J connectivity index is 1.49. The number of nitrogens with one attached hydrogen (secondary N) is 1. The van der Waals surface area contributed by atoms with Gasteiger partial charge in [0.25, 0.3) is 5.91 Å². The molecule has 0 fully saturated rings. The van der Waals surface area contributed by atoms with E-state index in [2.05, 4.69) is 5.32 Å². The SMILES string of the molecule is O=C(O)Cc1ccc(/C=C2\C(=O)Nc3cc(F)c(-c4ccc(-c5ccccc5O)cc4)cc32)cc1. The van der Waals surface area contributed by atoms with Crippen molar-refractivity contribution in [3.63, 3.8) is 0 Å². The molecule has 172 valence electrons. The zero-order chi connectivity index (χ0) is 24.5. The fraction of sp³-hybridized carbons (Fsp3) is 0.0345. The molecule has 0 atom stereocenters. The van der Waals surface area contributed by atoms with Gasteiger partial charge >= 0.3 is 5.97 Å². The molecule has 4 aromatic carbocycles. The molecule has 0 aromatic heterocycles. The lowest BCUT2D eigenvalue weighted by molar-refractivity contribution is -0.136. The van der Waals surface area contributed by atoms with E-state index < -0.39 is 11.8 Å². The Labute approximate surface area is 200 Å². The molecule has 1 heterocycles. The van der Waals surface area contributed by atoms with Crippen LogP contribution in [0.3, 0.4) is 0 Å². The minimum Gasteiger partial charge on any atom is -0.507 e. The van der Waals surface area contributed by atoms with Gasteiger partial charge < -0.3 is 15.5 Å². The topological polar surface area (TPSA) is 86.6 Å². The fourth-order valence-electron chi connectivity index (χ4n) is 4.20. The number of carbonyl (C=O) groups is 2. The zero-order valence-corrected chi connectivity index (χ0v) is 18.5. The summed E-state index contributed by atoms with van der Waals surface area (Å²) in [5.41, 5.74) is 5.26. The Morgan fingerprint density at radius 2 is 1.51 bits per heavy atom. The summed E-state index contributed by atoms with van der Waals surface area (Å²) in [5.74, 6) is -1.54.